The number of aromatic nitrogens is 1. The van der Waals surface area contributed by atoms with Crippen LogP contribution >= 0.6 is 0 Å². The van der Waals surface area contributed by atoms with Gasteiger partial charge in [-0.2, -0.15) is 13.2 Å². The quantitative estimate of drug-likeness (QED) is 0.728. The molecule has 0 saturated carbocycles. The van der Waals surface area contributed by atoms with Crippen molar-refractivity contribution in [3.63, 3.8) is 0 Å². The SMILES string of the molecule is COC(=O)[C@@H](Cc1cccnc1OC)NC(=O)Cc1cccc(C(F)(F)F)c1. The van der Waals surface area contributed by atoms with E-state index in [9.17, 15) is 22.8 Å². The van der Waals surface area contributed by atoms with Crippen molar-refractivity contribution in [2.24, 2.45) is 0 Å². The Balaban J connectivity index is 2.12. The number of benzene rings is 1. The number of carbonyl (C=O) groups is 2. The van der Waals surface area contributed by atoms with Gasteiger partial charge in [0, 0.05) is 18.2 Å². The van der Waals surface area contributed by atoms with Crippen LogP contribution in [0.25, 0.3) is 0 Å². The van der Waals surface area contributed by atoms with Crippen LogP contribution in [0.15, 0.2) is 42.6 Å². The van der Waals surface area contributed by atoms with E-state index >= 15 is 0 Å². The fourth-order valence-corrected chi connectivity index (χ4v) is 2.61. The lowest BCUT2D eigenvalue weighted by Gasteiger charge is -2.18. The number of carbonyl (C=O) groups excluding carboxylic acids is 2. The Bertz CT molecular complexity index is 840. The minimum absolute atomic E-state index is 0.0536. The van der Waals surface area contributed by atoms with Crippen molar-refractivity contribution in [1.82, 2.24) is 10.3 Å². The summed E-state index contributed by atoms with van der Waals surface area (Å²) in [5.41, 5.74) is -0.0999. The highest BCUT2D eigenvalue weighted by Crippen LogP contribution is 2.29. The predicted molar refractivity (Wildman–Crippen MR) is 93.6 cm³/mol. The van der Waals surface area contributed by atoms with Gasteiger partial charge >= 0.3 is 12.1 Å². The van der Waals surface area contributed by atoms with E-state index in [1.54, 1.807) is 12.1 Å². The first-order valence-corrected chi connectivity index (χ1v) is 8.25. The highest BCUT2D eigenvalue weighted by Gasteiger charge is 2.30. The summed E-state index contributed by atoms with van der Waals surface area (Å²) in [5.74, 6) is -1.01. The monoisotopic (exact) mass is 396 g/mol. The second-order valence-electron chi connectivity index (χ2n) is 5.89. The Hall–Kier alpha value is -3.10. The second kappa shape index (κ2) is 9.20. The number of nitrogens with zero attached hydrogens (tertiary/aromatic N) is 1. The first-order valence-electron chi connectivity index (χ1n) is 8.25. The van der Waals surface area contributed by atoms with Gasteiger partial charge in [0.2, 0.25) is 11.8 Å². The van der Waals surface area contributed by atoms with Gasteiger partial charge in [0.15, 0.2) is 0 Å². The molecule has 1 aromatic heterocycles. The topological polar surface area (TPSA) is 77.5 Å². The van der Waals surface area contributed by atoms with Crippen LogP contribution in [-0.2, 0) is 33.3 Å². The molecule has 28 heavy (non-hydrogen) atoms. The summed E-state index contributed by atoms with van der Waals surface area (Å²) in [5, 5.41) is 2.50. The van der Waals surface area contributed by atoms with E-state index in [1.165, 1.54) is 32.5 Å². The number of ether oxygens (including phenoxy) is 2. The average Bonchev–Trinajstić information content (AvgIpc) is 2.66. The van der Waals surface area contributed by atoms with Gasteiger partial charge in [-0.25, -0.2) is 9.78 Å². The number of rotatable bonds is 7. The van der Waals surface area contributed by atoms with Gasteiger partial charge in [-0.1, -0.05) is 24.3 Å². The maximum atomic E-state index is 12.8. The molecule has 1 atom stereocenters. The van der Waals surface area contributed by atoms with Crippen LogP contribution in [0, 0.1) is 0 Å². The van der Waals surface area contributed by atoms with E-state index in [1.807, 2.05) is 0 Å². The van der Waals surface area contributed by atoms with E-state index in [2.05, 4.69) is 10.3 Å². The molecule has 6 nitrogen and oxygen atoms in total. The lowest BCUT2D eigenvalue weighted by Crippen LogP contribution is -2.43. The molecule has 1 aromatic carbocycles. The predicted octanol–water partition coefficient (Wildman–Crippen LogP) is 2.55. The molecule has 1 heterocycles. The number of pyridine rings is 1. The van der Waals surface area contributed by atoms with Crippen LogP contribution in [-0.4, -0.2) is 37.1 Å². The Labute approximate surface area is 159 Å². The molecule has 0 aliphatic rings. The van der Waals surface area contributed by atoms with Crippen LogP contribution in [0.3, 0.4) is 0 Å². The highest BCUT2D eigenvalue weighted by atomic mass is 19.4. The Kier molecular flexibility index (Phi) is 6.97. The zero-order valence-corrected chi connectivity index (χ0v) is 15.2. The molecule has 0 aliphatic heterocycles. The second-order valence-corrected chi connectivity index (χ2v) is 5.89. The highest BCUT2D eigenvalue weighted by molar-refractivity contribution is 5.85. The number of hydrogen-bond acceptors (Lipinski definition) is 5. The number of alkyl halides is 3. The Morgan fingerprint density at radius 2 is 1.93 bits per heavy atom. The molecule has 2 rings (SSSR count). The third-order valence-electron chi connectivity index (χ3n) is 3.91. The molecule has 0 bridgehead atoms. The summed E-state index contributed by atoms with van der Waals surface area (Å²) < 4.78 is 48.2. The van der Waals surface area contributed by atoms with Crippen LogP contribution in [0.1, 0.15) is 16.7 Å². The van der Waals surface area contributed by atoms with Crippen molar-refractivity contribution in [3.05, 3.63) is 59.3 Å². The molecule has 150 valence electrons. The standard InChI is InChI=1S/C19H19F3N2O4/c1-27-17-13(6-4-8-23-17)11-15(18(26)28-2)24-16(25)10-12-5-3-7-14(9-12)19(20,21)22/h3-9,15H,10-11H2,1-2H3,(H,24,25)/t15-/m1/s1. The van der Waals surface area contributed by atoms with Crippen molar-refractivity contribution in [3.8, 4) is 5.88 Å². The number of amides is 1. The summed E-state index contributed by atoms with van der Waals surface area (Å²) >= 11 is 0. The maximum Gasteiger partial charge on any atom is 0.416 e. The third-order valence-corrected chi connectivity index (χ3v) is 3.91. The van der Waals surface area contributed by atoms with Crippen LogP contribution in [0.4, 0.5) is 13.2 Å². The summed E-state index contributed by atoms with van der Waals surface area (Å²) in [7, 11) is 2.60. The van der Waals surface area contributed by atoms with E-state index in [0.717, 1.165) is 12.1 Å². The summed E-state index contributed by atoms with van der Waals surface area (Å²) in [6, 6.07) is 6.75. The summed E-state index contributed by atoms with van der Waals surface area (Å²) in [4.78, 5) is 28.4. The van der Waals surface area contributed by atoms with E-state index in [-0.39, 0.29) is 18.4 Å². The largest absolute Gasteiger partial charge is 0.481 e. The van der Waals surface area contributed by atoms with Gasteiger partial charge in [-0.15, -0.1) is 0 Å². The molecule has 1 amide bonds. The van der Waals surface area contributed by atoms with Crippen molar-refractivity contribution in [2.75, 3.05) is 14.2 Å². The number of nitrogens with one attached hydrogen (secondary N) is 1. The molecular weight excluding hydrogens is 377 g/mol. The van der Waals surface area contributed by atoms with Gasteiger partial charge in [0.1, 0.15) is 6.04 Å². The van der Waals surface area contributed by atoms with Crippen LogP contribution in [0.2, 0.25) is 0 Å². The zero-order valence-electron chi connectivity index (χ0n) is 15.2. The number of halogens is 3. The fraction of sp³-hybridized carbons (Fsp3) is 0.316. The number of methoxy groups -OCH3 is 2. The third kappa shape index (κ3) is 5.70. The summed E-state index contributed by atoms with van der Waals surface area (Å²) in [6.07, 6.45) is -3.25. The minimum atomic E-state index is -4.50. The molecule has 0 spiro atoms. The first-order chi connectivity index (χ1) is 13.2. The molecule has 9 heteroatoms. The van der Waals surface area contributed by atoms with Crippen molar-refractivity contribution >= 4 is 11.9 Å². The van der Waals surface area contributed by atoms with E-state index in [0.29, 0.717) is 11.4 Å². The maximum absolute atomic E-state index is 12.8. The van der Waals surface area contributed by atoms with Crippen molar-refractivity contribution < 1.29 is 32.2 Å². The van der Waals surface area contributed by atoms with Crippen LogP contribution in [0.5, 0.6) is 5.88 Å². The van der Waals surface area contributed by atoms with Gasteiger partial charge in [0.25, 0.3) is 0 Å². The Morgan fingerprint density at radius 3 is 2.57 bits per heavy atom. The zero-order chi connectivity index (χ0) is 20.7. The van der Waals surface area contributed by atoms with E-state index in [4.69, 9.17) is 9.47 Å². The fourth-order valence-electron chi connectivity index (χ4n) is 2.61. The van der Waals surface area contributed by atoms with Crippen molar-refractivity contribution in [1.29, 1.82) is 0 Å². The average molecular weight is 396 g/mol. The molecular formula is C19H19F3N2O4. The number of esters is 1. The lowest BCUT2D eigenvalue weighted by molar-refractivity contribution is -0.145. The first kappa shape index (κ1) is 21.2. The molecule has 0 radical (unpaired) electrons. The van der Waals surface area contributed by atoms with Gasteiger partial charge in [0.05, 0.1) is 26.2 Å². The van der Waals surface area contributed by atoms with Gasteiger partial charge in [-0.05, 0) is 17.7 Å². The van der Waals surface area contributed by atoms with Gasteiger partial charge in [-0.3, -0.25) is 4.79 Å². The molecule has 2 aromatic rings. The smallest absolute Gasteiger partial charge is 0.416 e. The molecule has 0 saturated heterocycles. The summed E-state index contributed by atoms with van der Waals surface area (Å²) in [6.45, 7) is 0. The Morgan fingerprint density at radius 1 is 1.18 bits per heavy atom. The molecule has 0 unspecified atom stereocenters. The van der Waals surface area contributed by atoms with Gasteiger partial charge < -0.3 is 14.8 Å². The van der Waals surface area contributed by atoms with Crippen molar-refractivity contribution in [2.45, 2.75) is 25.1 Å². The van der Waals surface area contributed by atoms with Crippen LogP contribution < -0.4 is 10.1 Å². The molecule has 1 N–H and O–H groups in total. The molecule has 0 fully saturated rings. The molecule has 0 aliphatic carbocycles. The van der Waals surface area contributed by atoms with E-state index < -0.39 is 29.7 Å². The lowest BCUT2D eigenvalue weighted by atomic mass is 10.1. The number of hydrogen-bond donors (Lipinski definition) is 1. The minimum Gasteiger partial charge on any atom is -0.481 e. The normalized spacial score (nSPS) is 12.2.